The minimum atomic E-state index is -0.768. The average molecular weight is 483 g/mol. The van der Waals surface area contributed by atoms with E-state index in [1.807, 2.05) is 44.2 Å². The summed E-state index contributed by atoms with van der Waals surface area (Å²) >= 11 is 6.08. The van der Waals surface area contributed by atoms with Crippen LogP contribution in [0.1, 0.15) is 23.6 Å². The van der Waals surface area contributed by atoms with Gasteiger partial charge in [-0.25, -0.2) is 4.39 Å². The van der Waals surface area contributed by atoms with Crippen molar-refractivity contribution >= 4 is 23.4 Å². The summed E-state index contributed by atoms with van der Waals surface area (Å²) in [4.78, 5) is 28.0. The zero-order chi connectivity index (χ0) is 24.5. The third kappa shape index (κ3) is 7.06. The first-order valence-electron chi connectivity index (χ1n) is 11.1. The highest BCUT2D eigenvalue weighted by atomic mass is 35.5. The van der Waals surface area contributed by atoms with Gasteiger partial charge in [-0.1, -0.05) is 54.1 Å². The number of nitrogens with zero attached hydrogens (tertiary/aromatic N) is 1. The second-order valence-electron chi connectivity index (χ2n) is 7.95. The highest BCUT2D eigenvalue weighted by Crippen LogP contribution is 2.22. The summed E-state index contributed by atoms with van der Waals surface area (Å²) in [6.45, 7) is 3.99. The van der Waals surface area contributed by atoms with E-state index < -0.39 is 6.04 Å². The molecule has 1 atom stereocenters. The highest BCUT2D eigenvalue weighted by Gasteiger charge is 2.30. The van der Waals surface area contributed by atoms with E-state index in [-0.39, 0.29) is 30.8 Å². The Kier molecular flexibility index (Phi) is 9.05. The lowest BCUT2D eigenvalue weighted by Gasteiger charge is -2.31. The van der Waals surface area contributed by atoms with Gasteiger partial charge in [-0.05, 0) is 60.9 Å². The van der Waals surface area contributed by atoms with Crippen molar-refractivity contribution in [1.29, 1.82) is 0 Å². The highest BCUT2D eigenvalue weighted by molar-refractivity contribution is 6.31. The lowest BCUT2D eigenvalue weighted by Crippen LogP contribution is -2.51. The summed E-state index contributed by atoms with van der Waals surface area (Å²) in [5, 5.41) is 3.44. The standard InChI is InChI=1S/C27H28ClFN2O3/c1-3-30-27(33)25(16-20-7-5-4-6-8-20)31(17-21-9-11-22(29)12-10-21)26(32)18-34-23-13-14-24(28)19(2)15-23/h4-15,25H,3,16-18H2,1-2H3,(H,30,33)/t25-/m0/s1. The summed E-state index contributed by atoms with van der Waals surface area (Å²) in [5.74, 6) is -0.476. The van der Waals surface area contributed by atoms with Crippen molar-refractivity contribution in [2.45, 2.75) is 32.9 Å². The van der Waals surface area contributed by atoms with Gasteiger partial charge in [-0.3, -0.25) is 9.59 Å². The molecule has 0 fully saturated rings. The van der Waals surface area contributed by atoms with Crippen LogP contribution in [0.3, 0.4) is 0 Å². The number of likely N-dealkylation sites (N-methyl/N-ethyl adjacent to an activating group) is 1. The van der Waals surface area contributed by atoms with Crippen molar-refractivity contribution in [3.63, 3.8) is 0 Å². The van der Waals surface area contributed by atoms with Crippen LogP contribution in [-0.2, 0) is 22.6 Å². The van der Waals surface area contributed by atoms with E-state index in [0.717, 1.165) is 11.1 Å². The molecule has 0 radical (unpaired) electrons. The molecule has 0 heterocycles. The van der Waals surface area contributed by atoms with Crippen LogP contribution in [0.15, 0.2) is 72.8 Å². The van der Waals surface area contributed by atoms with E-state index in [4.69, 9.17) is 16.3 Å². The number of ether oxygens (including phenoxy) is 1. The third-order valence-electron chi connectivity index (χ3n) is 5.38. The molecule has 178 valence electrons. The SMILES string of the molecule is CCNC(=O)[C@H](Cc1ccccc1)N(Cc1ccc(F)cc1)C(=O)COc1ccc(Cl)c(C)c1. The molecule has 3 rings (SSSR count). The quantitative estimate of drug-likeness (QED) is 0.445. The van der Waals surface area contributed by atoms with Crippen molar-refractivity contribution in [1.82, 2.24) is 10.2 Å². The molecular weight excluding hydrogens is 455 g/mol. The Labute approximate surface area is 204 Å². The molecule has 3 aromatic carbocycles. The summed E-state index contributed by atoms with van der Waals surface area (Å²) in [6, 6.07) is 19.8. The number of carbonyl (C=O) groups is 2. The van der Waals surface area contributed by atoms with Gasteiger partial charge in [-0.2, -0.15) is 0 Å². The molecule has 7 heteroatoms. The van der Waals surface area contributed by atoms with E-state index in [0.29, 0.717) is 29.3 Å². The number of carbonyl (C=O) groups excluding carboxylic acids is 2. The topological polar surface area (TPSA) is 58.6 Å². The molecule has 0 bridgehead atoms. The molecule has 5 nitrogen and oxygen atoms in total. The van der Waals surface area contributed by atoms with Crippen LogP contribution in [0.2, 0.25) is 5.02 Å². The number of rotatable bonds is 10. The predicted molar refractivity (Wildman–Crippen MR) is 131 cm³/mol. The molecule has 1 N–H and O–H groups in total. The first kappa shape index (κ1) is 25.2. The Morgan fingerprint density at radius 3 is 2.38 bits per heavy atom. The maximum absolute atomic E-state index is 13.5. The van der Waals surface area contributed by atoms with Gasteiger partial charge in [-0.15, -0.1) is 0 Å². The van der Waals surface area contributed by atoms with Gasteiger partial charge in [0.2, 0.25) is 5.91 Å². The van der Waals surface area contributed by atoms with Gasteiger partial charge in [0, 0.05) is 24.5 Å². The number of hydrogen-bond acceptors (Lipinski definition) is 3. The first-order chi connectivity index (χ1) is 16.4. The molecule has 34 heavy (non-hydrogen) atoms. The van der Waals surface area contributed by atoms with E-state index in [2.05, 4.69) is 5.32 Å². The number of benzene rings is 3. The van der Waals surface area contributed by atoms with Crippen LogP contribution >= 0.6 is 11.6 Å². The minimum absolute atomic E-state index is 0.136. The van der Waals surface area contributed by atoms with Crippen LogP contribution in [-0.4, -0.2) is 35.9 Å². The molecule has 0 saturated carbocycles. The zero-order valence-corrected chi connectivity index (χ0v) is 20.0. The monoisotopic (exact) mass is 482 g/mol. The fourth-order valence-electron chi connectivity index (χ4n) is 3.57. The van der Waals surface area contributed by atoms with Gasteiger partial charge in [0.1, 0.15) is 17.6 Å². The predicted octanol–water partition coefficient (Wildman–Crippen LogP) is 4.94. The minimum Gasteiger partial charge on any atom is -0.484 e. The molecule has 0 aliphatic heterocycles. The largest absolute Gasteiger partial charge is 0.484 e. The van der Waals surface area contributed by atoms with E-state index in [9.17, 15) is 14.0 Å². The maximum atomic E-state index is 13.5. The number of aryl methyl sites for hydroxylation is 1. The van der Waals surface area contributed by atoms with Crippen LogP contribution in [0.4, 0.5) is 4.39 Å². The van der Waals surface area contributed by atoms with Crippen LogP contribution in [0.5, 0.6) is 5.75 Å². The van der Waals surface area contributed by atoms with Crippen molar-refractivity contribution < 1.29 is 18.7 Å². The number of halogens is 2. The fraction of sp³-hybridized carbons (Fsp3) is 0.259. The van der Waals surface area contributed by atoms with Gasteiger partial charge in [0.15, 0.2) is 6.61 Å². The third-order valence-corrected chi connectivity index (χ3v) is 5.80. The van der Waals surface area contributed by atoms with Crippen molar-refractivity contribution in [2.24, 2.45) is 0 Å². The summed E-state index contributed by atoms with van der Waals surface area (Å²) in [6.07, 6.45) is 0.333. The molecule has 2 amide bonds. The van der Waals surface area contributed by atoms with Crippen LogP contribution in [0.25, 0.3) is 0 Å². The molecule has 0 spiro atoms. The summed E-state index contributed by atoms with van der Waals surface area (Å²) in [7, 11) is 0. The van der Waals surface area contributed by atoms with E-state index in [1.54, 1.807) is 30.3 Å². The van der Waals surface area contributed by atoms with Gasteiger partial charge in [0.05, 0.1) is 0 Å². The first-order valence-corrected chi connectivity index (χ1v) is 11.5. The number of nitrogens with one attached hydrogen (secondary N) is 1. The molecule has 0 aliphatic carbocycles. The molecule has 0 aliphatic rings. The Morgan fingerprint density at radius 2 is 1.74 bits per heavy atom. The summed E-state index contributed by atoms with van der Waals surface area (Å²) < 4.78 is 19.2. The lowest BCUT2D eigenvalue weighted by atomic mass is 10.0. The maximum Gasteiger partial charge on any atom is 0.261 e. The molecule has 3 aromatic rings. The number of hydrogen-bond donors (Lipinski definition) is 1. The zero-order valence-electron chi connectivity index (χ0n) is 19.3. The van der Waals surface area contributed by atoms with Gasteiger partial charge in [0.25, 0.3) is 5.91 Å². The van der Waals surface area contributed by atoms with Gasteiger partial charge >= 0.3 is 0 Å². The smallest absolute Gasteiger partial charge is 0.261 e. The van der Waals surface area contributed by atoms with Crippen molar-refractivity contribution in [2.75, 3.05) is 13.2 Å². The number of amides is 2. The average Bonchev–Trinajstić information content (AvgIpc) is 2.84. The lowest BCUT2D eigenvalue weighted by molar-refractivity contribution is -0.142. The van der Waals surface area contributed by atoms with Gasteiger partial charge < -0.3 is 15.0 Å². The Hall–Kier alpha value is -3.38. The second-order valence-corrected chi connectivity index (χ2v) is 8.36. The molecular formula is C27H28ClFN2O3. The molecule has 0 unspecified atom stereocenters. The van der Waals surface area contributed by atoms with E-state index in [1.165, 1.54) is 17.0 Å². The molecule has 0 saturated heterocycles. The second kappa shape index (κ2) is 12.2. The summed E-state index contributed by atoms with van der Waals surface area (Å²) in [5.41, 5.74) is 2.46. The van der Waals surface area contributed by atoms with Crippen molar-refractivity contribution in [3.8, 4) is 5.75 Å². The van der Waals surface area contributed by atoms with Crippen LogP contribution in [0, 0.1) is 12.7 Å². The van der Waals surface area contributed by atoms with Crippen molar-refractivity contribution in [3.05, 3.63) is 100 Å². The Balaban J connectivity index is 1.88. The van der Waals surface area contributed by atoms with E-state index >= 15 is 0 Å². The van der Waals surface area contributed by atoms with Crippen LogP contribution < -0.4 is 10.1 Å². The Bertz CT molecular complexity index is 1110. The Morgan fingerprint density at radius 1 is 1.03 bits per heavy atom. The fourth-order valence-corrected chi connectivity index (χ4v) is 3.69. The normalized spacial score (nSPS) is 11.5. The molecule has 0 aromatic heterocycles.